The number of methoxy groups -OCH3 is 1. The Labute approximate surface area is 120 Å². The standard InChI is InChI=1S/C14H12BrN3O/c1-19-14-11(3-2-6-17-14)9-18-12-5-4-10(8-16)13(15)7-12/h2-7,18H,9H2,1H3. The molecule has 0 fully saturated rings. The third-order valence-electron chi connectivity index (χ3n) is 2.62. The van der Waals surface area contributed by atoms with Crippen molar-refractivity contribution in [2.75, 3.05) is 12.4 Å². The van der Waals surface area contributed by atoms with Crippen molar-refractivity contribution in [2.24, 2.45) is 0 Å². The second kappa shape index (κ2) is 6.21. The molecular formula is C14H12BrN3O. The maximum atomic E-state index is 8.86. The van der Waals surface area contributed by atoms with Crippen LogP contribution in [0, 0.1) is 11.3 Å². The van der Waals surface area contributed by atoms with Gasteiger partial charge in [-0.2, -0.15) is 5.26 Å². The quantitative estimate of drug-likeness (QED) is 0.939. The number of aromatic nitrogens is 1. The summed E-state index contributed by atoms with van der Waals surface area (Å²) in [5.41, 5.74) is 2.52. The lowest BCUT2D eigenvalue weighted by molar-refractivity contribution is 0.393. The molecule has 96 valence electrons. The first kappa shape index (κ1) is 13.4. The van der Waals surface area contributed by atoms with Crippen LogP contribution in [-0.2, 0) is 6.54 Å². The van der Waals surface area contributed by atoms with E-state index in [2.05, 4.69) is 32.3 Å². The summed E-state index contributed by atoms with van der Waals surface area (Å²) in [7, 11) is 1.60. The third kappa shape index (κ3) is 3.24. The first-order valence-electron chi connectivity index (χ1n) is 5.66. The number of benzene rings is 1. The second-order valence-electron chi connectivity index (χ2n) is 3.83. The summed E-state index contributed by atoms with van der Waals surface area (Å²) in [6.07, 6.45) is 1.70. The minimum atomic E-state index is 0.607. The van der Waals surface area contributed by atoms with Crippen molar-refractivity contribution >= 4 is 21.6 Å². The van der Waals surface area contributed by atoms with Crippen LogP contribution >= 0.6 is 15.9 Å². The molecule has 19 heavy (non-hydrogen) atoms. The summed E-state index contributed by atoms with van der Waals surface area (Å²) >= 11 is 3.36. The lowest BCUT2D eigenvalue weighted by Gasteiger charge is -2.10. The number of nitrogens with zero attached hydrogens (tertiary/aromatic N) is 2. The van der Waals surface area contributed by atoms with Gasteiger partial charge in [0.2, 0.25) is 5.88 Å². The van der Waals surface area contributed by atoms with E-state index in [1.165, 1.54) is 0 Å². The smallest absolute Gasteiger partial charge is 0.218 e. The van der Waals surface area contributed by atoms with Gasteiger partial charge in [0.25, 0.3) is 0 Å². The summed E-state index contributed by atoms with van der Waals surface area (Å²) in [6.45, 7) is 0.607. The molecule has 1 heterocycles. The SMILES string of the molecule is COc1ncccc1CNc1ccc(C#N)c(Br)c1. The molecule has 0 saturated heterocycles. The Kier molecular flexibility index (Phi) is 4.37. The van der Waals surface area contributed by atoms with Crippen LogP contribution in [-0.4, -0.2) is 12.1 Å². The summed E-state index contributed by atoms with van der Waals surface area (Å²) < 4.78 is 5.97. The fourth-order valence-electron chi connectivity index (χ4n) is 1.66. The van der Waals surface area contributed by atoms with Gasteiger partial charge in [0, 0.05) is 28.5 Å². The monoisotopic (exact) mass is 317 g/mol. The van der Waals surface area contributed by atoms with Gasteiger partial charge in [-0.3, -0.25) is 0 Å². The predicted octanol–water partition coefficient (Wildman–Crippen LogP) is 3.34. The number of rotatable bonds is 4. The van der Waals surface area contributed by atoms with Crippen LogP contribution in [0.15, 0.2) is 41.0 Å². The highest BCUT2D eigenvalue weighted by atomic mass is 79.9. The maximum Gasteiger partial charge on any atom is 0.218 e. The van der Waals surface area contributed by atoms with Crippen LogP contribution in [0.1, 0.15) is 11.1 Å². The second-order valence-corrected chi connectivity index (χ2v) is 4.69. The first-order valence-corrected chi connectivity index (χ1v) is 6.45. The molecule has 5 heteroatoms. The van der Waals surface area contributed by atoms with Gasteiger partial charge in [-0.25, -0.2) is 4.98 Å². The largest absolute Gasteiger partial charge is 0.481 e. The van der Waals surface area contributed by atoms with E-state index in [-0.39, 0.29) is 0 Å². The summed E-state index contributed by atoms with van der Waals surface area (Å²) in [5.74, 6) is 0.614. The molecule has 0 aliphatic carbocycles. The van der Waals surface area contributed by atoms with Crippen LogP contribution in [0.4, 0.5) is 5.69 Å². The zero-order chi connectivity index (χ0) is 13.7. The molecule has 0 bridgehead atoms. The van der Waals surface area contributed by atoms with Gasteiger partial charge in [0.15, 0.2) is 0 Å². The summed E-state index contributed by atoms with van der Waals surface area (Å²) in [5, 5.41) is 12.1. The Balaban J connectivity index is 2.11. The Morgan fingerprint density at radius 2 is 2.26 bits per heavy atom. The number of anilines is 1. The number of ether oxygens (including phenoxy) is 1. The van der Waals surface area contributed by atoms with E-state index in [1.807, 2.05) is 24.3 Å². The van der Waals surface area contributed by atoms with Crippen molar-refractivity contribution in [1.29, 1.82) is 5.26 Å². The topological polar surface area (TPSA) is 57.9 Å². The van der Waals surface area contributed by atoms with E-state index in [9.17, 15) is 0 Å². The molecule has 0 aliphatic rings. The van der Waals surface area contributed by atoms with E-state index in [1.54, 1.807) is 19.4 Å². The lowest BCUT2D eigenvalue weighted by atomic mass is 10.2. The van der Waals surface area contributed by atoms with Gasteiger partial charge in [-0.1, -0.05) is 6.07 Å². The molecular weight excluding hydrogens is 306 g/mol. The van der Waals surface area contributed by atoms with E-state index in [0.717, 1.165) is 15.7 Å². The van der Waals surface area contributed by atoms with E-state index >= 15 is 0 Å². The zero-order valence-corrected chi connectivity index (χ0v) is 11.9. The average Bonchev–Trinajstić information content (AvgIpc) is 2.45. The molecule has 0 unspecified atom stereocenters. The molecule has 2 aromatic rings. The first-order chi connectivity index (χ1) is 9.24. The zero-order valence-electron chi connectivity index (χ0n) is 10.4. The van der Waals surface area contributed by atoms with Gasteiger partial charge in [0.05, 0.1) is 12.7 Å². The highest BCUT2D eigenvalue weighted by Gasteiger charge is 2.04. The van der Waals surface area contributed by atoms with Crippen LogP contribution in [0.3, 0.4) is 0 Å². The highest BCUT2D eigenvalue weighted by molar-refractivity contribution is 9.10. The molecule has 0 radical (unpaired) electrons. The number of hydrogen-bond acceptors (Lipinski definition) is 4. The van der Waals surface area contributed by atoms with Crippen LogP contribution < -0.4 is 10.1 Å². The van der Waals surface area contributed by atoms with Crippen molar-refractivity contribution in [2.45, 2.75) is 6.54 Å². The minimum absolute atomic E-state index is 0.607. The van der Waals surface area contributed by atoms with Gasteiger partial charge in [-0.15, -0.1) is 0 Å². The average molecular weight is 318 g/mol. The number of nitriles is 1. The molecule has 0 saturated carbocycles. The molecule has 2 rings (SSSR count). The molecule has 1 aromatic carbocycles. The normalized spacial score (nSPS) is 9.74. The molecule has 1 N–H and O–H groups in total. The van der Waals surface area contributed by atoms with Gasteiger partial charge >= 0.3 is 0 Å². The maximum absolute atomic E-state index is 8.86. The third-order valence-corrected chi connectivity index (χ3v) is 3.27. The van der Waals surface area contributed by atoms with Crippen molar-refractivity contribution < 1.29 is 4.74 Å². The van der Waals surface area contributed by atoms with Gasteiger partial charge in [-0.05, 0) is 40.2 Å². The van der Waals surface area contributed by atoms with Crippen molar-refractivity contribution in [3.8, 4) is 11.9 Å². The number of halogens is 1. The van der Waals surface area contributed by atoms with Crippen molar-refractivity contribution in [3.63, 3.8) is 0 Å². The predicted molar refractivity (Wildman–Crippen MR) is 77.0 cm³/mol. The molecule has 0 spiro atoms. The van der Waals surface area contributed by atoms with Crippen LogP contribution in [0.2, 0.25) is 0 Å². The molecule has 0 amide bonds. The van der Waals surface area contributed by atoms with E-state index < -0.39 is 0 Å². The molecule has 0 aliphatic heterocycles. The van der Waals surface area contributed by atoms with Crippen LogP contribution in [0.5, 0.6) is 5.88 Å². The summed E-state index contributed by atoms with van der Waals surface area (Å²) in [6, 6.07) is 11.4. The Morgan fingerprint density at radius 1 is 1.42 bits per heavy atom. The lowest BCUT2D eigenvalue weighted by Crippen LogP contribution is -2.02. The molecule has 0 atom stereocenters. The Morgan fingerprint density at radius 3 is 2.95 bits per heavy atom. The Hall–Kier alpha value is -2.06. The fourth-order valence-corrected chi connectivity index (χ4v) is 2.12. The highest BCUT2D eigenvalue weighted by Crippen LogP contribution is 2.22. The molecule has 1 aromatic heterocycles. The van der Waals surface area contributed by atoms with Gasteiger partial charge in [0.1, 0.15) is 6.07 Å². The van der Waals surface area contributed by atoms with Crippen molar-refractivity contribution in [3.05, 3.63) is 52.1 Å². The fraction of sp³-hybridized carbons (Fsp3) is 0.143. The number of nitrogens with one attached hydrogen (secondary N) is 1. The van der Waals surface area contributed by atoms with Gasteiger partial charge < -0.3 is 10.1 Å². The van der Waals surface area contributed by atoms with E-state index in [4.69, 9.17) is 10.00 Å². The number of pyridine rings is 1. The summed E-state index contributed by atoms with van der Waals surface area (Å²) in [4.78, 5) is 4.14. The molecule has 4 nitrogen and oxygen atoms in total. The van der Waals surface area contributed by atoms with Crippen LogP contribution in [0.25, 0.3) is 0 Å². The minimum Gasteiger partial charge on any atom is -0.481 e. The van der Waals surface area contributed by atoms with E-state index in [0.29, 0.717) is 18.0 Å². The Bertz CT molecular complexity index is 622. The van der Waals surface area contributed by atoms with Crippen molar-refractivity contribution in [1.82, 2.24) is 4.98 Å². The number of hydrogen-bond donors (Lipinski definition) is 1.